The Kier molecular flexibility index (Phi) is 4.58. The quantitative estimate of drug-likeness (QED) is 0.470. The van der Waals surface area contributed by atoms with E-state index in [0.717, 1.165) is 6.07 Å². The summed E-state index contributed by atoms with van der Waals surface area (Å²) < 4.78 is 30.6. The van der Waals surface area contributed by atoms with Crippen molar-refractivity contribution in [3.05, 3.63) is 99.5 Å². The monoisotopic (exact) mass is 419 g/mol. The molecule has 0 N–H and O–H groups in total. The fourth-order valence-electron chi connectivity index (χ4n) is 3.99. The van der Waals surface area contributed by atoms with Gasteiger partial charge in [0.2, 0.25) is 5.76 Å². The normalized spacial score (nSPS) is 15.5. The highest BCUT2D eigenvalue weighted by molar-refractivity contribution is 5.99. The van der Waals surface area contributed by atoms with Crippen LogP contribution in [0.3, 0.4) is 0 Å². The number of ether oxygens (including phenoxy) is 1. The Balaban J connectivity index is 1.70. The summed E-state index contributed by atoms with van der Waals surface area (Å²) in [4.78, 5) is 28.2. The molecule has 0 saturated heterocycles. The SMILES string of the molecule is CCOc1ccc([C@@H]2c3c(oc4ccc(F)cc4c3=O)C(=O)N2Cc2ccco2)cc1. The number of hydrogen-bond donors (Lipinski definition) is 0. The van der Waals surface area contributed by atoms with Crippen molar-refractivity contribution >= 4 is 16.9 Å². The number of benzene rings is 2. The molecular weight excluding hydrogens is 401 g/mol. The molecule has 1 aliphatic rings. The Hall–Kier alpha value is -3.87. The summed E-state index contributed by atoms with van der Waals surface area (Å²) in [5, 5.41) is 0.0994. The minimum atomic E-state index is -0.702. The van der Waals surface area contributed by atoms with Crippen LogP contribution < -0.4 is 10.2 Å². The van der Waals surface area contributed by atoms with Gasteiger partial charge >= 0.3 is 0 Å². The lowest BCUT2D eigenvalue weighted by Gasteiger charge is -2.24. The molecular formula is C24H18FNO5. The van der Waals surface area contributed by atoms with Gasteiger partial charge < -0.3 is 18.5 Å². The third-order valence-corrected chi connectivity index (χ3v) is 5.34. The Morgan fingerprint density at radius 2 is 1.90 bits per heavy atom. The number of rotatable bonds is 5. The molecule has 0 unspecified atom stereocenters. The second-order valence-corrected chi connectivity index (χ2v) is 7.23. The molecule has 1 atom stereocenters. The van der Waals surface area contributed by atoms with E-state index < -0.39 is 23.2 Å². The fourth-order valence-corrected chi connectivity index (χ4v) is 3.99. The number of carbonyl (C=O) groups is 1. The molecule has 7 heteroatoms. The summed E-state index contributed by atoms with van der Waals surface area (Å²) in [6.45, 7) is 2.56. The molecule has 4 aromatic rings. The molecule has 2 aromatic carbocycles. The number of amides is 1. The maximum Gasteiger partial charge on any atom is 0.291 e. The van der Waals surface area contributed by atoms with E-state index >= 15 is 0 Å². The third-order valence-electron chi connectivity index (χ3n) is 5.34. The highest BCUT2D eigenvalue weighted by atomic mass is 19.1. The molecule has 156 valence electrons. The highest BCUT2D eigenvalue weighted by Crippen LogP contribution is 2.39. The van der Waals surface area contributed by atoms with Gasteiger partial charge in [0.05, 0.1) is 36.4 Å². The van der Waals surface area contributed by atoms with Crippen LogP contribution in [0.2, 0.25) is 0 Å². The predicted octanol–water partition coefficient (Wildman–Crippen LogP) is 4.67. The molecule has 0 spiro atoms. The number of halogens is 1. The second-order valence-electron chi connectivity index (χ2n) is 7.23. The lowest BCUT2D eigenvalue weighted by Crippen LogP contribution is -2.29. The molecule has 1 aliphatic heterocycles. The van der Waals surface area contributed by atoms with Crippen LogP contribution in [-0.2, 0) is 6.54 Å². The Bertz CT molecular complexity index is 1320. The number of fused-ring (bicyclic) bond motifs is 2. The maximum atomic E-state index is 13.8. The van der Waals surface area contributed by atoms with Crippen LogP contribution in [0.5, 0.6) is 5.75 Å². The molecule has 3 heterocycles. The standard InChI is InChI=1S/C24H18FNO5/c1-2-29-16-8-5-14(6-9-16)21-20-22(27)18-12-15(25)7-10-19(18)31-23(20)24(28)26(21)13-17-4-3-11-30-17/h3-12,21H,2,13H2,1H3/t21-/m1/s1. The lowest BCUT2D eigenvalue weighted by atomic mass is 9.98. The minimum Gasteiger partial charge on any atom is -0.494 e. The van der Waals surface area contributed by atoms with Crippen molar-refractivity contribution in [3.8, 4) is 5.75 Å². The first-order valence-electron chi connectivity index (χ1n) is 9.89. The molecule has 1 amide bonds. The van der Waals surface area contributed by atoms with Crippen molar-refractivity contribution in [1.82, 2.24) is 4.90 Å². The van der Waals surface area contributed by atoms with Crippen molar-refractivity contribution < 1.29 is 22.8 Å². The summed E-state index contributed by atoms with van der Waals surface area (Å²) in [5.41, 5.74) is 0.651. The van der Waals surface area contributed by atoms with E-state index in [0.29, 0.717) is 23.7 Å². The second kappa shape index (κ2) is 7.43. The molecule has 6 nitrogen and oxygen atoms in total. The molecule has 5 rings (SSSR count). The smallest absolute Gasteiger partial charge is 0.291 e. The first kappa shape index (κ1) is 19.1. The van der Waals surface area contributed by atoms with Gasteiger partial charge in [0, 0.05) is 0 Å². The van der Waals surface area contributed by atoms with Crippen molar-refractivity contribution in [3.63, 3.8) is 0 Å². The third kappa shape index (κ3) is 3.18. The van der Waals surface area contributed by atoms with Crippen LogP contribution in [0.1, 0.15) is 40.4 Å². The molecule has 0 fully saturated rings. The Labute approximate surface area is 176 Å². The topological polar surface area (TPSA) is 72.9 Å². The van der Waals surface area contributed by atoms with E-state index in [-0.39, 0.29) is 28.8 Å². The Morgan fingerprint density at radius 3 is 2.61 bits per heavy atom. The van der Waals surface area contributed by atoms with Gasteiger partial charge in [-0.15, -0.1) is 0 Å². The summed E-state index contributed by atoms with van der Waals surface area (Å²) in [6, 6.07) is 13.7. The van der Waals surface area contributed by atoms with Gasteiger partial charge in [-0.05, 0) is 55.0 Å². The molecule has 2 aromatic heterocycles. The number of nitrogens with zero attached hydrogens (tertiary/aromatic N) is 1. The predicted molar refractivity (Wildman–Crippen MR) is 110 cm³/mol. The van der Waals surface area contributed by atoms with Crippen LogP contribution >= 0.6 is 0 Å². The lowest BCUT2D eigenvalue weighted by molar-refractivity contribution is 0.0701. The first-order chi connectivity index (χ1) is 15.1. The molecule has 0 bridgehead atoms. The van der Waals surface area contributed by atoms with E-state index in [1.165, 1.54) is 23.3 Å². The summed E-state index contributed by atoms with van der Waals surface area (Å²) in [6.07, 6.45) is 1.52. The van der Waals surface area contributed by atoms with Crippen LogP contribution in [-0.4, -0.2) is 17.4 Å². The van der Waals surface area contributed by atoms with Gasteiger partial charge in [-0.25, -0.2) is 4.39 Å². The van der Waals surface area contributed by atoms with Gasteiger partial charge in [-0.3, -0.25) is 9.59 Å². The van der Waals surface area contributed by atoms with Crippen molar-refractivity contribution in [1.29, 1.82) is 0 Å². The van der Waals surface area contributed by atoms with Gasteiger partial charge in [0.25, 0.3) is 5.91 Å². The van der Waals surface area contributed by atoms with Crippen molar-refractivity contribution in [2.45, 2.75) is 19.5 Å². The maximum absolute atomic E-state index is 13.8. The van der Waals surface area contributed by atoms with Crippen LogP contribution in [0.4, 0.5) is 4.39 Å². The molecule has 0 radical (unpaired) electrons. The zero-order valence-electron chi connectivity index (χ0n) is 16.6. The number of furan rings is 1. The summed E-state index contributed by atoms with van der Waals surface area (Å²) >= 11 is 0. The zero-order valence-corrected chi connectivity index (χ0v) is 16.6. The number of carbonyl (C=O) groups excluding carboxylic acids is 1. The van der Waals surface area contributed by atoms with E-state index in [2.05, 4.69) is 0 Å². The average molecular weight is 419 g/mol. The van der Waals surface area contributed by atoms with Crippen LogP contribution in [0.25, 0.3) is 11.0 Å². The van der Waals surface area contributed by atoms with E-state index in [1.807, 2.05) is 19.1 Å². The van der Waals surface area contributed by atoms with Gasteiger partial charge in [-0.2, -0.15) is 0 Å². The zero-order chi connectivity index (χ0) is 21.5. The minimum absolute atomic E-state index is 0.0328. The van der Waals surface area contributed by atoms with E-state index in [9.17, 15) is 14.0 Å². The average Bonchev–Trinajstić information content (AvgIpc) is 3.37. The van der Waals surface area contributed by atoms with Crippen LogP contribution in [0.15, 0.2) is 74.5 Å². The first-order valence-corrected chi connectivity index (χ1v) is 9.89. The van der Waals surface area contributed by atoms with Crippen molar-refractivity contribution in [2.24, 2.45) is 0 Å². The highest BCUT2D eigenvalue weighted by Gasteiger charge is 2.43. The van der Waals surface area contributed by atoms with E-state index in [1.54, 1.807) is 24.3 Å². The molecule has 0 aliphatic carbocycles. The van der Waals surface area contributed by atoms with Gasteiger partial charge in [0.15, 0.2) is 5.43 Å². The van der Waals surface area contributed by atoms with Crippen molar-refractivity contribution in [2.75, 3.05) is 6.61 Å². The summed E-state index contributed by atoms with van der Waals surface area (Å²) in [7, 11) is 0. The van der Waals surface area contributed by atoms with Crippen LogP contribution in [0, 0.1) is 5.82 Å². The fraction of sp³-hybridized carbons (Fsp3) is 0.167. The molecule has 31 heavy (non-hydrogen) atoms. The largest absolute Gasteiger partial charge is 0.494 e. The van der Waals surface area contributed by atoms with Gasteiger partial charge in [-0.1, -0.05) is 12.1 Å². The Morgan fingerprint density at radius 1 is 1.10 bits per heavy atom. The van der Waals surface area contributed by atoms with Gasteiger partial charge in [0.1, 0.15) is 22.9 Å². The van der Waals surface area contributed by atoms with E-state index in [4.69, 9.17) is 13.6 Å². The molecule has 0 saturated carbocycles. The number of hydrogen-bond acceptors (Lipinski definition) is 5. The summed E-state index contributed by atoms with van der Waals surface area (Å²) in [5.74, 6) is 0.249.